The Balaban J connectivity index is 1.31. The van der Waals surface area contributed by atoms with Crippen LogP contribution in [0.1, 0.15) is 54.4 Å². The lowest BCUT2D eigenvalue weighted by molar-refractivity contribution is 0.0728. The van der Waals surface area contributed by atoms with Gasteiger partial charge < -0.3 is 19.3 Å². The van der Waals surface area contributed by atoms with E-state index in [1.54, 1.807) is 42.6 Å². The summed E-state index contributed by atoms with van der Waals surface area (Å²) in [6.45, 7) is 3.79. The molecule has 0 spiro atoms. The van der Waals surface area contributed by atoms with Crippen molar-refractivity contribution in [1.82, 2.24) is 15.0 Å². The highest BCUT2D eigenvalue weighted by Gasteiger charge is 2.20. The number of halogens is 1. The van der Waals surface area contributed by atoms with Gasteiger partial charge in [-0.1, -0.05) is 12.1 Å². The summed E-state index contributed by atoms with van der Waals surface area (Å²) >= 11 is 3.38. The van der Waals surface area contributed by atoms with Gasteiger partial charge in [0, 0.05) is 30.7 Å². The number of anilines is 3. The van der Waals surface area contributed by atoms with Crippen LogP contribution in [0.15, 0.2) is 52.0 Å². The van der Waals surface area contributed by atoms with Crippen LogP contribution in [0.2, 0.25) is 0 Å². The van der Waals surface area contributed by atoms with Crippen molar-refractivity contribution in [1.29, 1.82) is 0 Å². The molecule has 1 aromatic heterocycles. The Kier molecular flexibility index (Phi) is 8.87. The molecule has 0 saturated carbocycles. The van der Waals surface area contributed by atoms with Crippen LogP contribution in [0.4, 0.5) is 17.8 Å². The number of carbonyl (C=O) groups excluding carboxylic acids is 1. The number of esters is 1. The molecule has 204 valence electrons. The first-order valence-electron chi connectivity index (χ1n) is 13.3. The van der Waals surface area contributed by atoms with Gasteiger partial charge in [0.05, 0.1) is 18.9 Å². The zero-order chi connectivity index (χ0) is 27.0. The molecule has 0 amide bonds. The van der Waals surface area contributed by atoms with Crippen molar-refractivity contribution in [2.75, 3.05) is 48.5 Å². The van der Waals surface area contributed by atoms with Gasteiger partial charge in [0.2, 0.25) is 17.8 Å². The number of benzene rings is 2. The van der Waals surface area contributed by atoms with Crippen LogP contribution in [-0.4, -0.2) is 60.4 Å². The fraction of sp³-hybridized carbons (Fsp3) is 0.393. The molecule has 0 aliphatic carbocycles. The monoisotopic (exact) mass is 593 g/mol. The lowest BCUT2D eigenvalue weighted by Crippen LogP contribution is -2.34. The van der Waals surface area contributed by atoms with Crippen LogP contribution in [0.25, 0.3) is 0 Å². The quantitative estimate of drug-likeness (QED) is 0.161. The first-order chi connectivity index (χ1) is 19.1. The number of hydrogen-bond acceptors (Lipinski definition) is 10. The molecule has 39 heavy (non-hydrogen) atoms. The number of ether oxygens (including phenoxy) is 2. The second-order valence-corrected chi connectivity index (χ2v) is 10.4. The number of rotatable bonds is 8. The molecule has 2 aliphatic heterocycles. The van der Waals surface area contributed by atoms with Crippen molar-refractivity contribution in [3.05, 3.63) is 58.1 Å². The Bertz CT molecular complexity index is 1290. The molecule has 2 saturated heterocycles. The highest BCUT2D eigenvalue weighted by molar-refractivity contribution is 9.10. The molecule has 11 heteroatoms. The van der Waals surface area contributed by atoms with E-state index in [1.165, 1.54) is 20.0 Å². The number of aromatic nitrogens is 3. The number of carbonyl (C=O) groups is 1. The largest absolute Gasteiger partial charge is 0.493 e. The summed E-state index contributed by atoms with van der Waals surface area (Å²) in [6.07, 6.45) is 8.68. The van der Waals surface area contributed by atoms with E-state index < -0.39 is 5.97 Å². The number of nitrogens with zero attached hydrogens (tertiary/aromatic N) is 6. The standard InChI is InChI=1S/C28H32BrN7O3/c1-38-24-18-20(12-13-23(24)39-25(37)21-10-4-5-11-22(21)29)19-30-34-26-31-27(35-14-6-2-7-15-35)33-28(32-26)36-16-8-3-9-17-36/h4-5,10-13,18-19H,2-3,6-9,14-17H2,1H3,(H,31,32,33,34). The number of hydrogen-bond donors (Lipinski definition) is 1. The normalized spacial score (nSPS) is 15.8. The summed E-state index contributed by atoms with van der Waals surface area (Å²) in [5.41, 5.74) is 4.17. The minimum atomic E-state index is -0.479. The Morgan fingerprint density at radius 2 is 1.54 bits per heavy atom. The van der Waals surface area contributed by atoms with E-state index in [2.05, 4.69) is 46.2 Å². The predicted octanol–water partition coefficient (Wildman–Crippen LogP) is 5.29. The van der Waals surface area contributed by atoms with Crippen molar-refractivity contribution in [2.45, 2.75) is 38.5 Å². The van der Waals surface area contributed by atoms with Gasteiger partial charge in [-0.15, -0.1) is 0 Å². The van der Waals surface area contributed by atoms with Gasteiger partial charge in [-0.2, -0.15) is 20.1 Å². The van der Waals surface area contributed by atoms with E-state index in [-0.39, 0.29) is 0 Å². The molecule has 3 heterocycles. The van der Waals surface area contributed by atoms with E-state index in [1.807, 2.05) is 6.07 Å². The predicted molar refractivity (Wildman–Crippen MR) is 155 cm³/mol. The van der Waals surface area contributed by atoms with Gasteiger partial charge in [-0.3, -0.25) is 0 Å². The highest BCUT2D eigenvalue weighted by atomic mass is 79.9. The molecule has 2 fully saturated rings. The molecule has 2 aliphatic rings. The molecule has 1 N–H and O–H groups in total. The van der Waals surface area contributed by atoms with Crippen molar-refractivity contribution >= 4 is 46.0 Å². The van der Waals surface area contributed by atoms with Gasteiger partial charge in [-0.25, -0.2) is 10.2 Å². The minimum absolute atomic E-state index is 0.318. The van der Waals surface area contributed by atoms with Gasteiger partial charge in [0.25, 0.3) is 0 Å². The van der Waals surface area contributed by atoms with Gasteiger partial charge in [-0.05, 0) is 90.4 Å². The number of methoxy groups -OCH3 is 1. The van der Waals surface area contributed by atoms with Crippen molar-refractivity contribution < 1.29 is 14.3 Å². The maximum absolute atomic E-state index is 12.6. The first kappa shape index (κ1) is 26.9. The molecule has 2 aromatic carbocycles. The second kappa shape index (κ2) is 12.9. The van der Waals surface area contributed by atoms with Crippen LogP contribution >= 0.6 is 15.9 Å². The van der Waals surface area contributed by atoms with Gasteiger partial charge >= 0.3 is 5.97 Å². The fourth-order valence-corrected chi connectivity index (χ4v) is 5.12. The maximum atomic E-state index is 12.6. The first-order valence-corrected chi connectivity index (χ1v) is 14.1. The third-order valence-electron chi connectivity index (χ3n) is 6.75. The average Bonchev–Trinajstić information content (AvgIpc) is 2.98. The van der Waals surface area contributed by atoms with E-state index in [0.717, 1.165) is 57.4 Å². The topological polar surface area (TPSA) is 105 Å². The lowest BCUT2D eigenvalue weighted by atomic mass is 10.1. The summed E-state index contributed by atoms with van der Waals surface area (Å²) < 4.78 is 11.7. The molecule has 0 bridgehead atoms. The highest BCUT2D eigenvalue weighted by Crippen LogP contribution is 2.29. The van der Waals surface area contributed by atoms with Crippen molar-refractivity contribution in [2.24, 2.45) is 5.10 Å². The molecule has 3 aromatic rings. The molecular weight excluding hydrogens is 562 g/mol. The van der Waals surface area contributed by atoms with E-state index in [9.17, 15) is 4.79 Å². The molecule has 5 rings (SSSR count). The average molecular weight is 595 g/mol. The Morgan fingerprint density at radius 3 is 2.15 bits per heavy atom. The van der Waals surface area contributed by atoms with E-state index in [4.69, 9.17) is 14.5 Å². The molecule has 0 atom stereocenters. The number of nitrogens with one attached hydrogen (secondary N) is 1. The Hall–Kier alpha value is -3.73. The molecule has 0 radical (unpaired) electrons. The number of hydrazone groups is 1. The zero-order valence-electron chi connectivity index (χ0n) is 22.0. The Morgan fingerprint density at radius 1 is 0.897 bits per heavy atom. The van der Waals surface area contributed by atoms with E-state index in [0.29, 0.717) is 39.4 Å². The summed E-state index contributed by atoms with van der Waals surface area (Å²) in [5, 5.41) is 4.38. The summed E-state index contributed by atoms with van der Waals surface area (Å²) in [4.78, 5) is 31.2. The summed E-state index contributed by atoms with van der Waals surface area (Å²) in [7, 11) is 1.53. The minimum Gasteiger partial charge on any atom is -0.493 e. The van der Waals surface area contributed by atoms with Crippen molar-refractivity contribution in [3.8, 4) is 11.5 Å². The van der Waals surface area contributed by atoms with Gasteiger partial charge in [0.1, 0.15) is 0 Å². The third kappa shape index (κ3) is 6.83. The van der Waals surface area contributed by atoms with Crippen LogP contribution in [0, 0.1) is 0 Å². The smallest absolute Gasteiger partial charge is 0.344 e. The zero-order valence-corrected chi connectivity index (χ0v) is 23.6. The number of piperidine rings is 2. The van der Waals surface area contributed by atoms with Crippen molar-refractivity contribution in [3.63, 3.8) is 0 Å². The van der Waals surface area contributed by atoms with Crippen LogP contribution in [-0.2, 0) is 0 Å². The van der Waals surface area contributed by atoms with Gasteiger partial charge in [0.15, 0.2) is 11.5 Å². The SMILES string of the molecule is COc1cc(C=NNc2nc(N3CCCCC3)nc(N3CCCCC3)n2)ccc1OC(=O)c1ccccc1Br. The Labute approximate surface area is 236 Å². The van der Waals surface area contributed by atoms with E-state index >= 15 is 0 Å². The maximum Gasteiger partial charge on any atom is 0.344 e. The van der Waals surface area contributed by atoms with Crippen LogP contribution < -0.4 is 24.7 Å². The molecule has 10 nitrogen and oxygen atoms in total. The lowest BCUT2D eigenvalue weighted by Gasteiger charge is -2.30. The van der Waals surface area contributed by atoms with Crippen LogP contribution in [0.3, 0.4) is 0 Å². The molecular formula is C28H32BrN7O3. The van der Waals surface area contributed by atoms with Crippen LogP contribution in [0.5, 0.6) is 11.5 Å². The summed E-state index contributed by atoms with van der Waals surface area (Å²) in [6, 6.07) is 12.3. The second-order valence-electron chi connectivity index (χ2n) is 9.50. The summed E-state index contributed by atoms with van der Waals surface area (Å²) in [5.74, 6) is 2.06. The third-order valence-corrected chi connectivity index (χ3v) is 7.44. The fourth-order valence-electron chi connectivity index (χ4n) is 4.67. The molecule has 0 unspecified atom stereocenters.